The zero-order valence-electron chi connectivity index (χ0n) is 17.5. The van der Waals surface area contributed by atoms with Gasteiger partial charge in [0.25, 0.3) is 0 Å². The van der Waals surface area contributed by atoms with Gasteiger partial charge in [0.15, 0.2) is 0 Å². The van der Waals surface area contributed by atoms with Gasteiger partial charge in [0, 0.05) is 25.3 Å². The molecule has 0 aromatic heterocycles. The van der Waals surface area contributed by atoms with Crippen LogP contribution in [0.3, 0.4) is 0 Å². The van der Waals surface area contributed by atoms with Gasteiger partial charge in [-0.15, -0.1) is 0 Å². The zero-order chi connectivity index (χ0) is 20.4. The van der Waals surface area contributed by atoms with Crippen LogP contribution in [-0.2, 0) is 9.53 Å². The fourth-order valence-electron chi connectivity index (χ4n) is 4.62. The van der Waals surface area contributed by atoms with E-state index in [9.17, 15) is 9.59 Å². The Morgan fingerprint density at radius 2 is 1.89 bits per heavy atom. The molecular formula is C22H31N3O3. The lowest BCUT2D eigenvalue weighted by Gasteiger charge is -2.37. The summed E-state index contributed by atoms with van der Waals surface area (Å²) in [5.74, 6) is 0.780. The first-order valence-electron chi connectivity index (χ1n) is 9.96. The van der Waals surface area contributed by atoms with Gasteiger partial charge in [0.05, 0.1) is 18.7 Å². The van der Waals surface area contributed by atoms with E-state index in [1.165, 1.54) is 13.5 Å². The summed E-state index contributed by atoms with van der Waals surface area (Å²) in [6, 6.07) is 5.24. The molecule has 0 unspecified atom stereocenters. The molecule has 2 amide bonds. The zero-order valence-corrected chi connectivity index (χ0v) is 17.5. The van der Waals surface area contributed by atoms with Crippen LogP contribution in [0, 0.1) is 25.7 Å². The minimum atomic E-state index is -0.517. The van der Waals surface area contributed by atoms with Crippen molar-refractivity contribution in [2.24, 2.45) is 11.8 Å². The highest BCUT2D eigenvalue weighted by Gasteiger charge is 2.35. The molecule has 2 aliphatic heterocycles. The Morgan fingerprint density at radius 1 is 1.21 bits per heavy atom. The molecule has 1 aromatic rings. The number of ether oxygens (including phenoxy) is 1. The molecule has 0 saturated carbocycles. The third-order valence-electron chi connectivity index (χ3n) is 5.62. The Morgan fingerprint density at radius 3 is 2.50 bits per heavy atom. The lowest BCUT2D eigenvalue weighted by atomic mass is 9.89. The van der Waals surface area contributed by atoms with E-state index in [1.54, 1.807) is 0 Å². The van der Waals surface area contributed by atoms with E-state index in [4.69, 9.17) is 4.74 Å². The molecule has 152 valence electrons. The Balaban J connectivity index is 2.00. The Kier molecular flexibility index (Phi) is 6.08. The van der Waals surface area contributed by atoms with Crippen LogP contribution in [0.1, 0.15) is 43.0 Å². The number of carbonyl (C=O) groups is 2. The van der Waals surface area contributed by atoms with Crippen molar-refractivity contribution >= 4 is 12.0 Å². The SMILES string of the molecule is COC(=O)C1=C(CN2C[C@H](C)C[C@@H](C)C2)NC(=O)N[C@@H]1c1ccc(C)cc1C. The van der Waals surface area contributed by atoms with E-state index in [-0.39, 0.29) is 6.03 Å². The number of hydrogen-bond donors (Lipinski definition) is 2. The highest BCUT2D eigenvalue weighted by atomic mass is 16.5. The number of hydrogen-bond acceptors (Lipinski definition) is 4. The average Bonchev–Trinajstić information content (AvgIpc) is 2.59. The molecule has 2 N–H and O–H groups in total. The molecule has 2 aliphatic rings. The summed E-state index contributed by atoms with van der Waals surface area (Å²) in [6.07, 6.45) is 1.21. The lowest BCUT2D eigenvalue weighted by Crippen LogP contribution is -2.50. The first kappa shape index (κ1) is 20.4. The smallest absolute Gasteiger partial charge is 0.338 e. The molecule has 0 spiro atoms. The lowest BCUT2D eigenvalue weighted by molar-refractivity contribution is -0.136. The van der Waals surface area contributed by atoms with Gasteiger partial charge >= 0.3 is 12.0 Å². The Bertz CT molecular complexity index is 792. The minimum Gasteiger partial charge on any atom is -0.466 e. The number of likely N-dealkylation sites (tertiary alicyclic amines) is 1. The molecule has 2 heterocycles. The molecule has 0 bridgehead atoms. The normalized spacial score (nSPS) is 25.9. The number of aryl methyl sites for hydroxylation is 2. The van der Waals surface area contributed by atoms with Crippen LogP contribution < -0.4 is 10.6 Å². The van der Waals surface area contributed by atoms with Crippen molar-refractivity contribution < 1.29 is 14.3 Å². The van der Waals surface area contributed by atoms with Crippen LogP contribution in [0.4, 0.5) is 4.79 Å². The van der Waals surface area contributed by atoms with Crippen LogP contribution in [0.5, 0.6) is 0 Å². The van der Waals surface area contributed by atoms with E-state index >= 15 is 0 Å². The molecular weight excluding hydrogens is 354 g/mol. The number of urea groups is 1. The second kappa shape index (κ2) is 8.35. The van der Waals surface area contributed by atoms with E-state index in [2.05, 4.69) is 35.4 Å². The maximum absolute atomic E-state index is 12.7. The van der Waals surface area contributed by atoms with Gasteiger partial charge in [-0.3, -0.25) is 4.90 Å². The number of methoxy groups -OCH3 is 1. The van der Waals surface area contributed by atoms with Crippen molar-refractivity contribution in [3.63, 3.8) is 0 Å². The average molecular weight is 386 g/mol. The summed E-state index contributed by atoms with van der Waals surface area (Å²) in [7, 11) is 1.38. The summed E-state index contributed by atoms with van der Waals surface area (Å²) in [5.41, 5.74) is 4.22. The van der Waals surface area contributed by atoms with Gasteiger partial charge in [-0.25, -0.2) is 9.59 Å². The molecule has 1 fully saturated rings. The first-order valence-corrected chi connectivity index (χ1v) is 9.96. The van der Waals surface area contributed by atoms with Crippen molar-refractivity contribution in [2.75, 3.05) is 26.7 Å². The molecule has 6 nitrogen and oxygen atoms in total. The number of nitrogens with one attached hydrogen (secondary N) is 2. The van der Waals surface area contributed by atoms with E-state index in [0.717, 1.165) is 29.8 Å². The van der Waals surface area contributed by atoms with Gasteiger partial charge in [-0.1, -0.05) is 37.6 Å². The van der Waals surface area contributed by atoms with Crippen molar-refractivity contribution in [1.29, 1.82) is 0 Å². The summed E-state index contributed by atoms with van der Waals surface area (Å²) >= 11 is 0. The monoisotopic (exact) mass is 385 g/mol. The van der Waals surface area contributed by atoms with Gasteiger partial charge < -0.3 is 15.4 Å². The predicted molar refractivity (Wildman–Crippen MR) is 109 cm³/mol. The molecule has 1 saturated heterocycles. The highest BCUT2D eigenvalue weighted by molar-refractivity contribution is 5.95. The number of benzene rings is 1. The predicted octanol–water partition coefficient (Wildman–Crippen LogP) is 3.06. The largest absolute Gasteiger partial charge is 0.466 e. The standard InChI is InChI=1S/C22H31N3O3/c1-13-6-7-17(16(4)9-13)20-19(21(26)28-5)18(23-22(27)24-20)12-25-10-14(2)8-15(3)11-25/h6-7,9,14-15,20H,8,10-12H2,1-5H3,(H2,23,24,27)/t14-,15-,20-/m1/s1. The Hall–Kier alpha value is -2.34. The fraction of sp³-hybridized carbons (Fsp3) is 0.545. The van der Waals surface area contributed by atoms with Gasteiger partial charge in [0.1, 0.15) is 0 Å². The quantitative estimate of drug-likeness (QED) is 0.782. The molecule has 0 aliphatic carbocycles. The third-order valence-corrected chi connectivity index (χ3v) is 5.62. The van der Waals surface area contributed by atoms with E-state index < -0.39 is 12.0 Å². The summed E-state index contributed by atoms with van der Waals surface area (Å²) in [5, 5.41) is 5.79. The van der Waals surface area contributed by atoms with Gasteiger partial charge in [-0.05, 0) is 43.2 Å². The van der Waals surface area contributed by atoms with Crippen molar-refractivity contribution in [2.45, 2.75) is 40.2 Å². The number of esters is 1. The molecule has 1 aromatic carbocycles. The molecule has 28 heavy (non-hydrogen) atoms. The Labute approximate surface area is 167 Å². The summed E-state index contributed by atoms with van der Waals surface area (Å²) in [4.78, 5) is 27.5. The maximum atomic E-state index is 12.7. The molecule has 3 rings (SSSR count). The van der Waals surface area contributed by atoms with Crippen LogP contribution in [0.15, 0.2) is 29.5 Å². The van der Waals surface area contributed by atoms with Crippen molar-refractivity contribution in [3.8, 4) is 0 Å². The molecule has 3 atom stereocenters. The maximum Gasteiger partial charge on any atom is 0.338 e. The number of piperidine rings is 1. The third kappa shape index (κ3) is 4.38. The number of rotatable bonds is 4. The second-order valence-corrected chi connectivity index (χ2v) is 8.42. The van der Waals surface area contributed by atoms with E-state index in [0.29, 0.717) is 29.7 Å². The van der Waals surface area contributed by atoms with Gasteiger partial charge in [0.2, 0.25) is 0 Å². The van der Waals surface area contributed by atoms with Crippen molar-refractivity contribution in [3.05, 3.63) is 46.2 Å². The highest BCUT2D eigenvalue weighted by Crippen LogP contribution is 2.31. The number of nitrogens with zero attached hydrogens (tertiary/aromatic N) is 1. The topological polar surface area (TPSA) is 70.7 Å². The number of carbonyl (C=O) groups excluding carboxylic acids is 2. The van der Waals surface area contributed by atoms with Crippen molar-refractivity contribution in [1.82, 2.24) is 15.5 Å². The summed E-state index contributed by atoms with van der Waals surface area (Å²) < 4.78 is 5.10. The van der Waals surface area contributed by atoms with Crippen LogP contribution in [-0.4, -0.2) is 43.6 Å². The molecule has 6 heteroatoms. The minimum absolute atomic E-state index is 0.286. The second-order valence-electron chi connectivity index (χ2n) is 8.42. The van der Waals surface area contributed by atoms with Gasteiger partial charge in [-0.2, -0.15) is 0 Å². The molecule has 0 radical (unpaired) electrons. The van der Waals surface area contributed by atoms with Crippen LogP contribution in [0.2, 0.25) is 0 Å². The summed E-state index contributed by atoms with van der Waals surface area (Å²) in [6.45, 7) is 11.0. The van der Waals surface area contributed by atoms with Crippen LogP contribution in [0.25, 0.3) is 0 Å². The number of amides is 2. The first-order chi connectivity index (χ1) is 13.3. The fourth-order valence-corrected chi connectivity index (χ4v) is 4.62. The van der Waals surface area contributed by atoms with E-state index in [1.807, 2.05) is 26.0 Å². The van der Waals surface area contributed by atoms with Crippen LogP contribution >= 0.6 is 0 Å².